The fourth-order valence-electron chi connectivity index (χ4n) is 1.15. The number of urea groups is 1. The first-order valence-corrected chi connectivity index (χ1v) is 6.03. The van der Waals surface area contributed by atoms with Gasteiger partial charge in [-0.05, 0) is 13.3 Å². The zero-order valence-corrected chi connectivity index (χ0v) is 10.3. The van der Waals surface area contributed by atoms with E-state index < -0.39 is 0 Å². The molecule has 0 radical (unpaired) electrons. The predicted octanol–water partition coefficient (Wildman–Crippen LogP) is 1.02. The fraction of sp³-hybridized carbons (Fsp3) is 0.600. The standard InChI is InChI=1S/C10H17N3O2S/c1-3-8(6-14)13-10(15)12-5-9-11-4-7(2)16-9/h4,8,14H,3,5-6H2,1-2H3,(H2,12,13,15). The molecule has 1 aromatic rings. The van der Waals surface area contributed by atoms with Crippen LogP contribution in [0.3, 0.4) is 0 Å². The van der Waals surface area contributed by atoms with Crippen molar-refractivity contribution in [3.8, 4) is 0 Å². The highest BCUT2D eigenvalue weighted by molar-refractivity contribution is 7.11. The van der Waals surface area contributed by atoms with Gasteiger partial charge in [-0.25, -0.2) is 9.78 Å². The molecule has 0 aliphatic carbocycles. The zero-order valence-electron chi connectivity index (χ0n) is 9.49. The summed E-state index contributed by atoms with van der Waals surface area (Å²) in [5, 5.41) is 15.2. The van der Waals surface area contributed by atoms with Crippen LogP contribution in [0.1, 0.15) is 23.2 Å². The molecule has 1 atom stereocenters. The number of thiazole rings is 1. The van der Waals surface area contributed by atoms with Gasteiger partial charge in [0.05, 0.1) is 19.2 Å². The number of nitrogens with one attached hydrogen (secondary N) is 2. The summed E-state index contributed by atoms with van der Waals surface area (Å²) in [7, 11) is 0. The van der Waals surface area contributed by atoms with Gasteiger partial charge in [-0.2, -0.15) is 0 Å². The van der Waals surface area contributed by atoms with Crippen molar-refractivity contribution in [1.29, 1.82) is 0 Å². The third kappa shape index (κ3) is 4.16. The van der Waals surface area contributed by atoms with Crippen molar-refractivity contribution in [3.63, 3.8) is 0 Å². The molecule has 1 heterocycles. The molecule has 5 nitrogen and oxygen atoms in total. The molecule has 1 rings (SSSR count). The van der Waals surface area contributed by atoms with E-state index in [0.717, 1.165) is 9.88 Å². The van der Waals surface area contributed by atoms with E-state index in [9.17, 15) is 4.79 Å². The lowest BCUT2D eigenvalue weighted by atomic mass is 10.2. The number of carbonyl (C=O) groups is 1. The predicted molar refractivity (Wildman–Crippen MR) is 63.4 cm³/mol. The molecule has 0 aliphatic rings. The second-order valence-electron chi connectivity index (χ2n) is 3.48. The summed E-state index contributed by atoms with van der Waals surface area (Å²) in [5.41, 5.74) is 0. The maximum atomic E-state index is 11.4. The maximum absolute atomic E-state index is 11.4. The monoisotopic (exact) mass is 243 g/mol. The Morgan fingerprint density at radius 3 is 2.94 bits per heavy atom. The maximum Gasteiger partial charge on any atom is 0.315 e. The van der Waals surface area contributed by atoms with Crippen LogP contribution in [-0.4, -0.2) is 28.8 Å². The third-order valence-corrected chi connectivity index (χ3v) is 3.03. The van der Waals surface area contributed by atoms with Crippen molar-refractivity contribution < 1.29 is 9.90 Å². The van der Waals surface area contributed by atoms with Crippen LogP contribution in [-0.2, 0) is 6.54 Å². The molecule has 0 aliphatic heterocycles. The molecule has 1 unspecified atom stereocenters. The first-order chi connectivity index (χ1) is 7.65. The van der Waals surface area contributed by atoms with Gasteiger partial charge in [0.25, 0.3) is 0 Å². The Morgan fingerprint density at radius 1 is 1.69 bits per heavy atom. The van der Waals surface area contributed by atoms with Gasteiger partial charge < -0.3 is 15.7 Å². The minimum atomic E-state index is -0.270. The highest BCUT2D eigenvalue weighted by Gasteiger charge is 2.08. The summed E-state index contributed by atoms with van der Waals surface area (Å²) in [6.07, 6.45) is 2.49. The Balaban J connectivity index is 2.30. The molecule has 0 saturated carbocycles. The van der Waals surface area contributed by atoms with E-state index in [-0.39, 0.29) is 18.7 Å². The minimum absolute atomic E-state index is 0.0414. The summed E-state index contributed by atoms with van der Waals surface area (Å²) < 4.78 is 0. The Labute approximate surface area is 98.9 Å². The number of amides is 2. The summed E-state index contributed by atoms with van der Waals surface area (Å²) in [4.78, 5) is 16.7. The lowest BCUT2D eigenvalue weighted by Crippen LogP contribution is -2.43. The first kappa shape index (κ1) is 12.9. The number of hydrogen-bond acceptors (Lipinski definition) is 4. The lowest BCUT2D eigenvalue weighted by molar-refractivity contribution is 0.214. The number of nitrogens with zero attached hydrogens (tertiary/aromatic N) is 1. The molecule has 1 aromatic heterocycles. The van der Waals surface area contributed by atoms with Crippen LogP contribution in [0, 0.1) is 6.92 Å². The average Bonchev–Trinajstić information content (AvgIpc) is 2.69. The number of carbonyl (C=O) groups excluding carboxylic acids is 1. The van der Waals surface area contributed by atoms with Crippen LogP contribution in [0.5, 0.6) is 0 Å². The number of aliphatic hydroxyl groups excluding tert-OH is 1. The Morgan fingerprint density at radius 2 is 2.44 bits per heavy atom. The molecule has 90 valence electrons. The topological polar surface area (TPSA) is 74.2 Å². The minimum Gasteiger partial charge on any atom is -0.394 e. The molecular weight excluding hydrogens is 226 g/mol. The van der Waals surface area contributed by atoms with E-state index in [4.69, 9.17) is 5.11 Å². The van der Waals surface area contributed by atoms with Gasteiger partial charge in [0.2, 0.25) is 0 Å². The van der Waals surface area contributed by atoms with Crippen molar-refractivity contribution in [2.24, 2.45) is 0 Å². The molecule has 3 N–H and O–H groups in total. The number of rotatable bonds is 5. The lowest BCUT2D eigenvalue weighted by Gasteiger charge is -2.14. The van der Waals surface area contributed by atoms with Crippen molar-refractivity contribution in [2.45, 2.75) is 32.9 Å². The number of aryl methyl sites for hydroxylation is 1. The van der Waals surface area contributed by atoms with E-state index in [1.165, 1.54) is 0 Å². The highest BCUT2D eigenvalue weighted by atomic mass is 32.1. The largest absolute Gasteiger partial charge is 0.394 e. The van der Waals surface area contributed by atoms with Gasteiger partial charge in [-0.3, -0.25) is 0 Å². The molecule has 0 bridgehead atoms. The van der Waals surface area contributed by atoms with Crippen LogP contribution in [0.2, 0.25) is 0 Å². The molecule has 6 heteroatoms. The first-order valence-electron chi connectivity index (χ1n) is 5.22. The van der Waals surface area contributed by atoms with E-state index in [1.807, 2.05) is 13.8 Å². The van der Waals surface area contributed by atoms with Gasteiger partial charge in [0.15, 0.2) is 0 Å². The van der Waals surface area contributed by atoms with Crippen molar-refractivity contribution >= 4 is 17.4 Å². The molecule has 0 fully saturated rings. The van der Waals surface area contributed by atoms with Crippen LogP contribution < -0.4 is 10.6 Å². The van der Waals surface area contributed by atoms with E-state index in [2.05, 4.69) is 15.6 Å². The third-order valence-electron chi connectivity index (χ3n) is 2.12. The number of aliphatic hydroxyl groups is 1. The molecule has 16 heavy (non-hydrogen) atoms. The summed E-state index contributed by atoms with van der Waals surface area (Å²) in [6, 6.07) is -0.452. The van der Waals surface area contributed by atoms with Gasteiger partial charge in [0, 0.05) is 11.1 Å². The fourth-order valence-corrected chi connectivity index (χ4v) is 1.88. The Hall–Kier alpha value is -1.14. The van der Waals surface area contributed by atoms with Crippen molar-refractivity contribution in [2.75, 3.05) is 6.61 Å². The van der Waals surface area contributed by atoms with E-state index in [1.54, 1.807) is 17.5 Å². The normalized spacial score (nSPS) is 12.2. The quantitative estimate of drug-likeness (QED) is 0.723. The molecule has 0 spiro atoms. The molecule has 2 amide bonds. The Kier molecular flexibility index (Phi) is 5.21. The van der Waals surface area contributed by atoms with Crippen LogP contribution in [0.25, 0.3) is 0 Å². The highest BCUT2D eigenvalue weighted by Crippen LogP contribution is 2.10. The summed E-state index contributed by atoms with van der Waals surface area (Å²) >= 11 is 1.56. The smallest absolute Gasteiger partial charge is 0.315 e. The number of aromatic nitrogens is 1. The zero-order chi connectivity index (χ0) is 12.0. The summed E-state index contributed by atoms with van der Waals surface area (Å²) in [5.74, 6) is 0. The second kappa shape index (κ2) is 6.44. The molecule has 0 saturated heterocycles. The van der Waals surface area contributed by atoms with Crippen molar-refractivity contribution in [3.05, 3.63) is 16.1 Å². The van der Waals surface area contributed by atoms with Crippen LogP contribution in [0.4, 0.5) is 4.79 Å². The number of hydrogen-bond donors (Lipinski definition) is 3. The van der Waals surface area contributed by atoms with Crippen molar-refractivity contribution in [1.82, 2.24) is 15.6 Å². The average molecular weight is 243 g/mol. The molecule has 0 aromatic carbocycles. The van der Waals surface area contributed by atoms with E-state index in [0.29, 0.717) is 13.0 Å². The summed E-state index contributed by atoms with van der Waals surface area (Å²) in [6.45, 7) is 4.26. The Bertz CT molecular complexity index is 337. The SMILES string of the molecule is CCC(CO)NC(=O)NCc1ncc(C)s1. The van der Waals surface area contributed by atoms with Gasteiger partial charge in [-0.15, -0.1) is 11.3 Å². The van der Waals surface area contributed by atoms with Gasteiger partial charge >= 0.3 is 6.03 Å². The van der Waals surface area contributed by atoms with Crippen LogP contribution in [0.15, 0.2) is 6.20 Å². The second-order valence-corrected chi connectivity index (χ2v) is 4.80. The molecular formula is C10H17N3O2S. The van der Waals surface area contributed by atoms with Gasteiger partial charge in [-0.1, -0.05) is 6.92 Å². The van der Waals surface area contributed by atoms with Gasteiger partial charge in [0.1, 0.15) is 5.01 Å². The van der Waals surface area contributed by atoms with E-state index >= 15 is 0 Å². The van der Waals surface area contributed by atoms with Crippen LogP contribution >= 0.6 is 11.3 Å².